The summed E-state index contributed by atoms with van der Waals surface area (Å²) in [6.45, 7) is 6.81. The summed E-state index contributed by atoms with van der Waals surface area (Å²) >= 11 is 0. The zero-order valence-electron chi connectivity index (χ0n) is 15.1. The SMILES string of the molecule is Cc1ccoc1C(=O)N1CC[C@@H]2CN(Cc3cccnc3)CCO[C@H]2C1. The lowest BCUT2D eigenvalue weighted by Crippen LogP contribution is -2.49. The molecule has 26 heavy (non-hydrogen) atoms. The number of rotatable bonds is 3. The maximum absolute atomic E-state index is 12.7. The number of pyridine rings is 1. The Balaban J connectivity index is 1.39. The molecule has 138 valence electrons. The molecule has 6 nitrogen and oxygen atoms in total. The maximum Gasteiger partial charge on any atom is 0.289 e. The summed E-state index contributed by atoms with van der Waals surface area (Å²) in [5.41, 5.74) is 2.12. The third-order valence-electron chi connectivity index (χ3n) is 5.40. The van der Waals surface area contributed by atoms with Crippen LogP contribution in [0.1, 0.15) is 28.1 Å². The van der Waals surface area contributed by atoms with E-state index < -0.39 is 0 Å². The maximum atomic E-state index is 12.7. The number of hydrogen-bond acceptors (Lipinski definition) is 5. The van der Waals surface area contributed by atoms with Gasteiger partial charge in [-0.1, -0.05) is 6.07 Å². The molecular formula is C20H25N3O3. The van der Waals surface area contributed by atoms with Gasteiger partial charge in [-0.2, -0.15) is 0 Å². The molecule has 2 aromatic rings. The molecule has 2 aliphatic heterocycles. The molecule has 0 spiro atoms. The summed E-state index contributed by atoms with van der Waals surface area (Å²) in [5, 5.41) is 0. The summed E-state index contributed by atoms with van der Waals surface area (Å²) in [4.78, 5) is 21.2. The zero-order valence-corrected chi connectivity index (χ0v) is 15.1. The second kappa shape index (κ2) is 7.60. The van der Waals surface area contributed by atoms with Crippen molar-refractivity contribution in [3.8, 4) is 0 Å². The lowest BCUT2D eigenvalue weighted by atomic mass is 9.93. The van der Waals surface area contributed by atoms with Crippen LogP contribution >= 0.6 is 0 Å². The molecule has 0 unspecified atom stereocenters. The van der Waals surface area contributed by atoms with E-state index in [-0.39, 0.29) is 12.0 Å². The van der Waals surface area contributed by atoms with E-state index in [0.29, 0.717) is 24.8 Å². The predicted molar refractivity (Wildman–Crippen MR) is 96.7 cm³/mol. The van der Waals surface area contributed by atoms with Crippen molar-refractivity contribution in [1.29, 1.82) is 0 Å². The molecule has 0 N–H and O–H groups in total. The first kappa shape index (κ1) is 17.2. The van der Waals surface area contributed by atoms with Gasteiger partial charge in [-0.15, -0.1) is 0 Å². The second-order valence-electron chi connectivity index (χ2n) is 7.24. The molecule has 2 atom stereocenters. The number of amides is 1. The number of aryl methyl sites for hydroxylation is 1. The van der Waals surface area contributed by atoms with E-state index in [4.69, 9.17) is 9.15 Å². The Morgan fingerprint density at radius 2 is 2.23 bits per heavy atom. The van der Waals surface area contributed by atoms with Crippen molar-refractivity contribution >= 4 is 5.91 Å². The molecule has 4 rings (SSSR count). The minimum absolute atomic E-state index is 0.0222. The number of ether oxygens (including phenoxy) is 1. The van der Waals surface area contributed by atoms with Crippen molar-refractivity contribution < 1.29 is 13.9 Å². The number of nitrogens with zero attached hydrogens (tertiary/aromatic N) is 3. The van der Waals surface area contributed by atoms with Crippen molar-refractivity contribution in [2.24, 2.45) is 5.92 Å². The van der Waals surface area contributed by atoms with Crippen LogP contribution in [0.3, 0.4) is 0 Å². The number of fused-ring (bicyclic) bond motifs is 1. The molecule has 6 heteroatoms. The molecular weight excluding hydrogens is 330 g/mol. The van der Waals surface area contributed by atoms with Crippen LogP contribution in [-0.2, 0) is 11.3 Å². The molecule has 2 aliphatic rings. The van der Waals surface area contributed by atoms with Gasteiger partial charge in [0.05, 0.1) is 19.0 Å². The third-order valence-corrected chi connectivity index (χ3v) is 5.40. The quantitative estimate of drug-likeness (QED) is 0.846. The van der Waals surface area contributed by atoms with Gasteiger partial charge in [0.25, 0.3) is 5.91 Å². The summed E-state index contributed by atoms with van der Waals surface area (Å²) in [7, 11) is 0. The third kappa shape index (κ3) is 3.66. The number of likely N-dealkylation sites (tertiary alicyclic amines) is 1. The standard InChI is InChI=1S/C20H25N3O3/c1-15-5-9-26-19(15)20(24)23-7-4-17-13-22(8-10-25-18(17)14-23)12-16-3-2-6-21-11-16/h2-3,5-6,9,11,17-18H,4,7-8,10,12-14H2,1H3/t17-,18+/m1/s1. The highest BCUT2D eigenvalue weighted by Crippen LogP contribution is 2.26. The molecule has 1 amide bonds. The zero-order chi connectivity index (χ0) is 17.9. The highest BCUT2D eigenvalue weighted by Gasteiger charge is 2.36. The van der Waals surface area contributed by atoms with Gasteiger partial charge in [-0.05, 0) is 31.0 Å². The lowest BCUT2D eigenvalue weighted by Gasteiger charge is -2.37. The first-order valence-corrected chi connectivity index (χ1v) is 9.27. The Bertz CT molecular complexity index is 746. The fourth-order valence-corrected chi connectivity index (χ4v) is 3.93. The van der Waals surface area contributed by atoms with Crippen LogP contribution in [0.4, 0.5) is 0 Å². The van der Waals surface area contributed by atoms with Gasteiger partial charge >= 0.3 is 0 Å². The first-order chi connectivity index (χ1) is 12.7. The minimum atomic E-state index is -0.0222. The molecule has 2 fully saturated rings. The minimum Gasteiger partial charge on any atom is -0.459 e. The van der Waals surface area contributed by atoms with Crippen molar-refractivity contribution in [2.75, 3.05) is 32.8 Å². The summed E-state index contributed by atoms with van der Waals surface area (Å²) in [6, 6.07) is 5.93. The van der Waals surface area contributed by atoms with E-state index in [1.54, 1.807) is 12.5 Å². The normalized spacial score (nSPS) is 24.1. The molecule has 0 bridgehead atoms. The van der Waals surface area contributed by atoms with E-state index >= 15 is 0 Å². The number of aromatic nitrogens is 1. The number of carbonyl (C=O) groups excluding carboxylic acids is 1. The number of piperidine rings is 1. The van der Waals surface area contributed by atoms with Gasteiger partial charge in [0, 0.05) is 56.6 Å². The molecule has 0 radical (unpaired) electrons. The van der Waals surface area contributed by atoms with Crippen LogP contribution < -0.4 is 0 Å². The largest absolute Gasteiger partial charge is 0.459 e. The average molecular weight is 355 g/mol. The topological polar surface area (TPSA) is 58.8 Å². The van der Waals surface area contributed by atoms with E-state index in [2.05, 4.69) is 16.0 Å². The smallest absolute Gasteiger partial charge is 0.289 e. The van der Waals surface area contributed by atoms with Gasteiger partial charge in [-0.3, -0.25) is 14.7 Å². The number of furan rings is 1. The van der Waals surface area contributed by atoms with Crippen LogP contribution in [0.15, 0.2) is 41.3 Å². The van der Waals surface area contributed by atoms with Gasteiger partial charge in [0.2, 0.25) is 0 Å². The fraction of sp³-hybridized carbons (Fsp3) is 0.500. The van der Waals surface area contributed by atoms with Crippen LogP contribution in [0.5, 0.6) is 0 Å². The second-order valence-corrected chi connectivity index (χ2v) is 7.24. The molecule has 4 heterocycles. The Morgan fingerprint density at radius 3 is 3.00 bits per heavy atom. The van der Waals surface area contributed by atoms with E-state index in [9.17, 15) is 4.79 Å². The predicted octanol–water partition coefficient (Wildman–Crippen LogP) is 2.35. The van der Waals surface area contributed by atoms with Crippen LogP contribution in [0.25, 0.3) is 0 Å². The van der Waals surface area contributed by atoms with Crippen molar-refractivity contribution in [2.45, 2.75) is 26.0 Å². The Labute approximate surface area is 153 Å². The van der Waals surface area contributed by atoms with Gasteiger partial charge in [0.15, 0.2) is 5.76 Å². The monoisotopic (exact) mass is 355 g/mol. The number of carbonyl (C=O) groups is 1. The Hall–Kier alpha value is -2.18. The van der Waals surface area contributed by atoms with Crippen LogP contribution in [-0.4, -0.2) is 59.6 Å². The van der Waals surface area contributed by atoms with Crippen molar-refractivity contribution in [3.63, 3.8) is 0 Å². The van der Waals surface area contributed by atoms with Crippen molar-refractivity contribution in [1.82, 2.24) is 14.8 Å². The van der Waals surface area contributed by atoms with Gasteiger partial charge in [0.1, 0.15) is 0 Å². The summed E-state index contributed by atoms with van der Waals surface area (Å²) in [6.07, 6.45) is 6.37. The highest BCUT2D eigenvalue weighted by molar-refractivity contribution is 5.92. The van der Waals surface area contributed by atoms with Gasteiger partial charge < -0.3 is 14.1 Å². The summed E-state index contributed by atoms with van der Waals surface area (Å²) in [5.74, 6) is 0.886. The van der Waals surface area contributed by atoms with Crippen molar-refractivity contribution in [3.05, 3.63) is 53.7 Å². The highest BCUT2D eigenvalue weighted by atomic mass is 16.5. The molecule has 2 saturated heterocycles. The fourth-order valence-electron chi connectivity index (χ4n) is 3.93. The van der Waals surface area contributed by atoms with Crippen LogP contribution in [0.2, 0.25) is 0 Å². The molecule has 0 saturated carbocycles. The van der Waals surface area contributed by atoms with Crippen LogP contribution in [0, 0.1) is 12.8 Å². The van der Waals surface area contributed by atoms with E-state index in [0.717, 1.165) is 38.2 Å². The summed E-state index contributed by atoms with van der Waals surface area (Å²) < 4.78 is 11.5. The average Bonchev–Trinajstić information content (AvgIpc) is 2.98. The Morgan fingerprint density at radius 1 is 1.31 bits per heavy atom. The van der Waals surface area contributed by atoms with Gasteiger partial charge in [-0.25, -0.2) is 0 Å². The number of hydrogen-bond donors (Lipinski definition) is 0. The molecule has 2 aromatic heterocycles. The lowest BCUT2D eigenvalue weighted by molar-refractivity contribution is -0.0179. The molecule has 0 aliphatic carbocycles. The van der Waals surface area contributed by atoms with E-state index in [1.807, 2.05) is 30.2 Å². The van der Waals surface area contributed by atoms with E-state index in [1.165, 1.54) is 5.56 Å². The molecule has 0 aromatic carbocycles. The first-order valence-electron chi connectivity index (χ1n) is 9.27. The Kier molecular flexibility index (Phi) is 5.04.